The molecule has 0 radical (unpaired) electrons. The van der Waals surface area contributed by atoms with Crippen molar-refractivity contribution in [2.45, 2.75) is 18.9 Å². The number of furan rings is 1. The van der Waals surface area contributed by atoms with Crippen molar-refractivity contribution in [3.05, 3.63) is 46.4 Å². The third-order valence-electron chi connectivity index (χ3n) is 4.16. The maximum Gasteiger partial charge on any atom is 0.261 e. The predicted octanol–water partition coefficient (Wildman–Crippen LogP) is 0.314. The van der Waals surface area contributed by atoms with Crippen molar-refractivity contribution in [2.24, 2.45) is 5.73 Å². The number of hydrogen-bond acceptors (Lipinski definition) is 5. The molecule has 0 saturated carbocycles. The summed E-state index contributed by atoms with van der Waals surface area (Å²) in [5.41, 5.74) is 5.29. The van der Waals surface area contributed by atoms with E-state index in [1.807, 2.05) is 4.90 Å². The molecule has 1 aliphatic heterocycles. The third kappa shape index (κ3) is 4.16. The van der Waals surface area contributed by atoms with E-state index < -0.39 is 17.4 Å². The summed E-state index contributed by atoms with van der Waals surface area (Å²) < 4.78 is 5.23. The van der Waals surface area contributed by atoms with Crippen molar-refractivity contribution in [1.29, 1.82) is 0 Å². The van der Waals surface area contributed by atoms with Gasteiger partial charge in [0, 0.05) is 12.6 Å². The number of piperidine rings is 1. The Morgan fingerprint density at radius 1 is 1.36 bits per heavy atom. The molecular formula is C17H20N4O4. The van der Waals surface area contributed by atoms with E-state index in [-0.39, 0.29) is 18.2 Å². The smallest absolute Gasteiger partial charge is 0.261 e. The van der Waals surface area contributed by atoms with Gasteiger partial charge in [-0.05, 0) is 43.7 Å². The van der Waals surface area contributed by atoms with Crippen molar-refractivity contribution in [3.8, 4) is 11.5 Å². The number of aromatic nitrogens is 1. The fourth-order valence-corrected chi connectivity index (χ4v) is 3.03. The highest BCUT2D eigenvalue weighted by Crippen LogP contribution is 2.16. The average molecular weight is 344 g/mol. The Balaban J connectivity index is 1.67. The number of amides is 2. The van der Waals surface area contributed by atoms with E-state index in [9.17, 15) is 14.4 Å². The molecule has 2 aromatic heterocycles. The van der Waals surface area contributed by atoms with Crippen LogP contribution in [0.1, 0.15) is 23.2 Å². The second kappa shape index (κ2) is 7.35. The van der Waals surface area contributed by atoms with E-state index in [4.69, 9.17) is 10.2 Å². The molecular weight excluding hydrogens is 324 g/mol. The molecule has 2 amide bonds. The number of H-pyrrole nitrogens is 1. The maximum atomic E-state index is 12.4. The zero-order valence-corrected chi connectivity index (χ0v) is 13.7. The average Bonchev–Trinajstić information content (AvgIpc) is 3.08. The maximum absolute atomic E-state index is 12.4. The first-order chi connectivity index (χ1) is 12.0. The van der Waals surface area contributed by atoms with Crippen LogP contribution in [0.3, 0.4) is 0 Å². The van der Waals surface area contributed by atoms with Gasteiger partial charge in [-0.1, -0.05) is 0 Å². The van der Waals surface area contributed by atoms with Crippen molar-refractivity contribution < 1.29 is 14.0 Å². The molecule has 2 aromatic rings. The summed E-state index contributed by atoms with van der Waals surface area (Å²) in [6.07, 6.45) is 3.16. The second-order valence-electron chi connectivity index (χ2n) is 6.11. The normalized spacial score (nSPS) is 18.0. The molecule has 1 saturated heterocycles. The number of nitrogens with one attached hydrogen (secondary N) is 2. The monoisotopic (exact) mass is 344 g/mol. The van der Waals surface area contributed by atoms with Gasteiger partial charge in [-0.2, -0.15) is 0 Å². The molecule has 0 unspecified atom stereocenters. The van der Waals surface area contributed by atoms with Crippen LogP contribution in [0.25, 0.3) is 11.5 Å². The molecule has 25 heavy (non-hydrogen) atoms. The Kier molecular flexibility index (Phi) is 4.99. The lowest BCUT2D eigenvalue weighted by atomic mass is 10.1. The Hall–Kier alpha value is -2.87. The zero-order chi connectivity index (χ0) is 17.8. The molecule has 0 aromatic carbocycles. The number of hydrogen-bond donors (Lipinski definition) is 3. The molecule has 4 N–H and O–H groups in total. The van der Waals surface area contributed by atoms with Gasteiger partial charge in [0.15, 0.2) is 0 Å². The highest BCUT2D eigenvalue weighted by Gasteiger charge is 2.23. The number of rotatable bonds is 5. The lowest BCUT2D eigenvalue weighted by Gasteiger charge is -2.32. The topological polar surface area (TPSA) is 121 Å². The Bertz CT molecular complexity index is 812. The predicted molar refractivity (Wildman–Crippen MR) is 90.9 cm³/mol. The second-order valence-corrected chi connectivity index (χ2v) is 6.11. The number of aromatic amines is 1. The van der Waals surface area contributed by atoms with Crippen LogP contribution in [-0.4, -0.2) is 47.4 Å². The molecule has 3 rings (SSSR count). The number of primary amides is 1. The van der Waals surface area contributed by atoms with E-state index in [1.54, 1.807) is 18.2 Å². The first-order valence-electron chi connectivity index (χ1n) is 8.11. The Morgan fingerprint density at radius 2 is 2.20 bits per heavy atom. The summed E-state index contributed by atoms with van der Waals surface area (Å²) in [5, 5.41) is 2.86. The SMILES string of the molecule is NC(=O)CN1CCC[C@@H](NC(=O)c2ccc(-c3ccco3)[nH]c2=O)C1. The van der Waals surface area contributed by atoms with Gasteiger partial charge in [-0.3, -0.25) is 19.3 Å². The summed E-state index contributed by atoms with van der Waals surface area (Å²) >= 11 is 0. The Morgan fingerprint density at radius 3 is 2.88 bits per heavy atom. The van der Waals surface area contributed by atoms with E-state index in [0.29, 0.717) is 18.0 Å². The minimum absolute atomic E-state index is 0.0438. The van der Waals surface area contributed by atoms with Crippen molar-refractivity contribution in [1.82, 2.24) is 15.2 Å². The summed E-state index contributed by atoms with van der Waals surface area (Å²) in [5.74, 6) is -0.298. The largest absolute Gasteiger partial charge is 0.463 e. The molecule has 1 atom stereocenters. The van der Waals surface area contributed by atoms with E-state index in [0.717, 1.165) is 19.4 Å². The van der Waals surface area contributed by atoms with E-state index in [2.05, 4.69) is 10.3 Å². The summed E-state index contributed by atoms with van der Waals surface area (Å²) in [7, 11) is 0. The van der Waals surface area contributed by atoms with Gasteiger partial charge in [0.05, 0.1) is 18.5 Å². The first kappa shape index (κ1) is 17.0. The molecule has 0 spiro atoms. The number of nitrogens with zero attached hydrogens (tertiary/aromatic N) is 1. The first-order valence-corrected chi connectivity index (χ1v) is 8.11. The summed E-state index contributed by atoms with van der Waals surface area (Å²) in [4.78, 5) is 40.2. The number of carbonyl (C=O) groups is 2. The molecule has 8 nitrogen and oxygen atoms in total. The van der Waals surface area contributed by atoms with Crippen LogP contribution in [0.5, 0.6) is 0 Å². The van der Waals surface area contributed by atoms with Crippen LogP contribution in [0, 0.1) is 0 Å². The number of pyridine rings is 1. The standard InChI is InChI=1S/C17H20N4O4/c18-15(22)10-21-7-1-3-11(9-21)19-16(23)12-5-6-13(20-17(12)24)14-4-2-8-25-14/h2,4-6,8,11H,1,3,7,9-10H2,(H2,18,22)(H,19,23)(H,20,24)/t11-/m1/s1. The van der Waals surface area contributed by atoms with E-state index >= 15 is 0 Å². The highest BCUT2D eigenvalue weighted by atomic mass is 16.3. The van der Waals surface area contributed by atoms with Crippen LogP contribution in [-0.2, 0) is 4.79 Å². The Labute approximate surface area is 144 Å². The quantitative estimate of drug-likeness (QED) is 0.721. The van der Waals surface area contributed by atoms with Gasteiger partial charge in [-0.25, -0.2) is 0 Å². The van der Waals surface area contributed by atoms with Gasteiger partial charge < -0.3 is 20.5 Å². The van der Waals surface area contributed by atoms with Gasteiger partial charge in [0.1, 0.15) is 11.3 Å². The van der Waals surface area contributed by atoms with Crippen molar-refractivity contribution in [2.75, 3.05) is 19.6 Å². The molecule has 0 aliphatic carbocycles. The van der Waals surface area contributed by atoms with E-state index in [1.165, 1.54) is 12.3 Å². The van der Waals surface area contributed by atoms with Gasteiger partial charge in [0.2, 0.25) is 5.91 Å². The lowest BCUT2D eigenvalue weighted by Crippen LogP contribution is -2.50. The van der Waals surface area contributed by atoms with Crippen LogP contribution < -0.4 is 16.6 Å². The van der Waals surface area contributed by atoms with Crippen molar-refractivity contribution >= 4 is 11.8 Å². The molecule has 8 heteroatoms. The van der Waals surface area contributed by atoms with Gasteiger partial charge in [0.25, 0.3) is 11.5 Å². The van der Waals surface area contributed by atoms with Crippen LogP contribution >= 0.6 is 0 Å². The molecule has 0 bridgehead atoms. The van der Waals surface area contributed by atoms with Crippen LogP contribution in [0.15, 0.2) is 39.7 Å². The van der Waals surface area contributed by atoms with Crippen LogP contribution in [0.2, 0.25) is 0 Å². The van der Waals surface area contributed by atoms with Crippen LogP contribution in [0.4, 0.5) is 0 Å². The fraction of sp³-hybridized carbons (Fsp3) is 0.353. The number of nitrogens with two attached hydrogens (primary N) is 1. The summed E-state index contributed by atoms with van der Waals surface area (Å²) in [6.45, 7) is 1.48. The minimum atomic E-state index is -0.476. The number of carbonyl (C=O) groups excluding carboxylic acids is 2. The number of likely N-dealkylation sites (tertiary alicyclic amines) is 1. The lowest BCUT2D eigenvalue weighted by molar-refractivity contribution is -0.119. The molecule has 1 aliphatic rings. The third-order valence-corrected chi connectivity index (χ3v) is 4.16. The van der Waals surface area contributed by atoms with Gasteiger partial charge in [-0.15, -0.1) is 0 Å². The summed E-state index contributed by atoms with van der Waals surface area (Å²) in [6, 6.07) is 6.44. The molecule has 132 valence electrons. The fourth-order valence-electron chi connectivity index (χ4n) is 3.03. The zero-order valence-electron chi connectivity index (χ0n) is 13.7. The highest BCUT2D eigenvalue weighted by molar-refractivity contribution is 5.94. The molecule has 3 heterocycles. The minimum Gasteiger partial charge on any atom is -0.463 e. The van der Waals surface area contributed by atoms with Crippen molar-refractivity contribution in [3.63, 3.8) is 0 Å². The van der Waals surface area contributed by atoms with Gasteiger partial charge >= 0.3 is 0 Å². The molecule has 1 fully saturated rings.